The summed E-state index contributed by atoms with van der Waals surface area (Å²) >= 11 is 0. The van der Waals surface area contributed by atoms with Gasteiger partial charge in [0.2, 0.25) is 11.8 Å². The molecule has 2 amide bonds. The van der Waals surface area contributed by atoms with E-state index < -0.39 is 6.29 Å². The number of carbonyl (C=O) groups excluding carboxylic acids is 2. The number of aliphatic hydroxyl groups is 1. The van der Waals surface area contributed by atoms with E-state index in [4.69, 9.17) is 15.2 Å². The van der Waals surface area contributed by atoms with Crippen molar-refractivity contribution < 1.29 is 24.2 Å². The van der Waals surface area contributed by atoms with Gasteiger partial charge in [0.15, 0.2) is 6.29 Å². The van der Waals surface area contributed by atoms with Crippen molar-refractivity contribution in [1.29, 1.82) is 0 Å². The number of hydrogen-bond donors (Lipinski definition) is 4. The summed E-state index contributed by atoms with van der Waals surface area (Å²) in [5.41, 5.74) is 13.3. The maximum absolute atomic E-state index is 12.8. The number of benzene rings is 4. The molecule has 4 aromatic rings. The highest BCUT2D eigenvalue weighted by Gasteiger charge is 2.33. The van der Waals surface area contributed by atoms with Gasteiger partial charge in [-0.1, -0.05) is 164 Å². The number of carbonyl (C=O) groups is 2. The molecule has 1 saturated heterocycles. The number of ether oxygens (including phenoxy) is 2. The zero-order valence-electron chi connectivity index (χ0n) is 39.0. The molecule has 0 saturated carbocycles. The van der Waals surface area contributed by atoms with Gasteiger partial charge in [0.25, 0.3) is 0 Å². The number of para-hydroxylation sites is 2. The Morgan fingerprint density at radius 3 is 1.92 bits per heavy atom. The van der Waals surface area contributed by atoms with E-state index in [2.05, 4.69) is 84.0 Å². The van der Waals surface area contributed by atoms with Gasteiger partial charge in [0.1, 0.15) is 0 Å². The maximum Gasteiger partial charge on any atom is 0.224 e. The van der Waals surface area contributed by atoms with Gasteiger partial charge in [-0.15, -0.1) is 0 Å². The van der Waals surface area contributed by atoms with Crippen LogP contribution < -0.4 is 16.4 Å². The Hall–Kier alpha value is -4.54. The molecule has 0 aromatic heterocycles. The first-order valence-electron chi connectivity index (χ1n) is 24.7. The first-order chi connectivity index (χ1) is 31.3. The number of nitrogens with two attached hydrogens (primary N) is 1. The van der Waals surface area contributed by atoms with E-state index in [0.717, 1.165) is 85.1 Å². The third kappa shape index (κ3) is 18.1. The first kappa shape index (κ1) is 50.5. The average Bonchev–Trinajstić information content (AvgIpc) is 3.32. The maximum atomic E-state index is 12.8. The van der Waals surface area contributed by atoms with Gasteiger partial charge in [-0.2, -0.15) is 0 Å². The topological polar surface area (TPSA) is 126 Å². The van der Waals surface area contributed by atoms with Crippen molar-refractivity contribution in [3.05, 3.63) is 119 Å². The highest BCUT2D eigenvalue weighted by Crippen LogP contribution is 2.39. The van der Waals surface area contributed by atoms with Crippen molar-refractivity contribution >= 4 is 23.2 Å². The molecule has 64 heavy (non-hydrogen) atoms. The van der Waals surface area contributed by atoms with Crippen LogP contribution in [0.2, 0.25) is 0 Å². The molecule has 1 aliphatic heterocycles. The number of amides is 2. The van der Waals surface area contributed by atoms with E-state index in [1.807, 2.05) is 30.3 Å². The fourth-order valence-corrected chi connectivity index (χ4v) is 8.61. The molecule has 5 rings (SSSR count). The first-order valence-corrected chi connectivity index (χ1v) is 24.7. The van der Waals surface area contributed by atoms with Gasteiger partial charge >= 0.3 is 0 Å². The number of rotatable bonds is 30. The van der Waals surface area contributed by atoms with E-state index in [1.165, 1.54) is 77.0 Å². The molecule has 0 unspecified atom stereocenters. The summed E-state index contributed by atoms with van der Waals surface area (Å²) in [6.45, 7) is 8.11. The average molecular weight is 875 g/mol. The minimum absolute atomic E-state index is 0.00349. The minimum Gasteiger partial charge on any atom is -0.397 e. The van der Waals surface area contributed by atoms with Crippen molar-refractivity contribution in [2.45, 2.75) is 167 Å². The summed E-state index contributed by atoms with van der Waals surface area (Å²) in [6.07, 6.45) is 19.8. The summed E-state index contributed by atoms with van der Waals surface area (Å²) in [6, 6.07) is 32.3. The number of unbranched alkanes of at least 4 members (excludes halogenated alkanes) is 13. The molecule has 4 aromatic carbocycles. The fraction of sp³-hybridized carbons (Fsp3) is 0.527. The molecule has 0 spiro atoms. The van der Waals surface area contributed by atoms with E-state index in [-0.39, 0.29) is 30.6 Å². The van der Waals surface area contributed by atoms with Crippen molar-refractivity contribution in [3.8, 4) is 11.1 Å². The molecule has 1 heterocycles. The number of nitrogens with one attached hydrogen (secondary N) is 2. The molecule has 0 bridgehead atoms. The van der Waals surface area contributed by atoms with Crippen LogP contribution in [-0.4, -0.2) is 47.6 Å². The predicted octanol–water partition coefficient (Wildman–Crippen LogP) is 12.6. The Balaban J connectivity index is 1.17. The molecular weight excluding hydrogens is 797 g/mol. The largest absolute Gasteiger partial charge is 0.397 e. The number of aliphatic hydroxyl groups excluding tert-OH is 1. The van der Waals surface area contributed by atoms with Crippen molar-refractivity contribution in [3.63, 3.8) is 0 Å². The predicted molar refractivity (Wildman–Crippen MR) is 263 cm³/mol. The lowest BCUT2D eigenvalue weighted by Crippen LogP contribution is -2.40. The van der Waals surface area contributed by atoms with Gasteiger partial charge in [0, 0.05) is 37.9 Å². The zero-order valence-corrected chi connectivity index (χ0v) is 39.0. The van der Waals surface area contributed by atoms with Crippen LogP contribution in [0.25, 0.3) is 11.1 Å². The third-order valence-corrected chi connectivity index (χ3v) is 12.4. The van der Waals surface area contributed by atoms with Gasteiger partial charge in [0.05, 0.1) is 30.2 Å². The number of nitrogen functional groups attached to an aromatic ring is 1. The van der Waals surface area contributed by atoms with Crippen LogP contribution in [0.15, 0.2) is 97.1 Å². The monoisotopic (exact) mass is 875 g/mol. The lowest BCUT2D eigenvalue weighted by Gasteiger charge is -2.38. The molecule has 9 heteroatoms. The van der Waals surface area contributed by atoms with Crippen LogP contribution in [0.5, 0.6) is 0 Å². The fourth-order valence-electron chi connectivity index (χ4n) is 8.61. The Morgan fingerprint density at radius 1 is 0.641 bits per heavy atom. The number of nitrogens with zero attached hydrogens (tertiary/aromatic N) is 1. The van der Waals surface area contributed by atoms with E-state index in [1.54, 1.807) is 12.1 Å². The third-order valence-electron chi connectivity index (χ3n) is 12.4. The Labute approximate surface area is 384 Å². The zero-order chi connectivity index (χ0) is 45.2. The number of hydrogen-bond acceptors (Lipinski definition) is 7. The Bertz CT molecular complexity index is 1920. The summed E-state index contributed by atoms with van der Waals surface area (Å²) < 4.78 is 13.7. The van der Waals surface area contributed by atoms with E-state index in [0.29, 0.717) is 30.8 Å². The normalized spacial score (nSPS) is 16.2. The molecule has 1 fully saturated rings. The van der Waals surface area contributed by atoms with Crippen molar-refractivity contribution in [2.24, 2.45) is 0 Å². The second-order valence-corrected chi connectivity index (χ2v) is 17.8. The Kier molecular flexibility index (Phi) is 22.9. The van der Waals surface area contributed by atoms with Crippen molar-refractivity contribution in [2.75, 3.05) is 30.7 Å². The van der Waals surface area contributed by atoms with Crippen LogP contribution >= 0.6 is 0 Å². The van der Waals surface area contributed by atoms with Crippen molar-refractivity contribution in [1.82, 2.24) is 10.2 Å². The van der Waals surface area contributed by atoms with Crippen LogP contribution in [0.3, 0.4) is 0 Å². The van der Waals surface area contributed by atoms with Crippen LogP contribution in [-0.2, 0) is 32.2 Å². The SMILES string of the molecule is CCCCCCCCN(CCCCCCCC)C[C@H]1C[C@@H](c2ccc(CO)cc2)O[C@@H](c2cccc(-c3cccc(CNC(=O)CCCCCCC(=O)Nc4ccccc4N)c3)c2)O1. The highest BCUT2D eigenvalue weighted by molar-refractivity contribution is 5.93. The van der Waals surface area contributed by atoms with Crippen LogP contribution in [0, 0.1) is 0 Å². The van der Waals surface area contributed by atoms with Gasteiger partial charge in [-0.3, -0.25) is 9.59 Å². The number of anilines is 2. The lowest BCUT2D eigenvalue weighted by molar-refractivity contribution is -0.253. The summed E-state index contributed by atoms with van der Waals surface area (Å²) in [5, 5.41) is 15.7. The second-order valence-electron chi connectivity index (χ2n) is 17.8. The van der Waals surface area contributed by atoms with Crippen LogP contribution in [0.4, 0.5) is 11.4 Å². The molecule has 5 N–H and O–H groups in total. The van der Waals surface area contributed by atoms with Gasteiger partial charge in [-0.25, -0.2) is 0 Å². The van der Waals surface area contributed by atoms with Gasteiger partial charge in [-0.05, 0) is 90.9 Å². The highest BCUT2D eigenvalue weighted by atomic mass is 16.7. The Morgan fingerprint density at radius 2 is 1.25 bits per heavy atom. The van der Waals surface area contributed by atoms with Crippen LogP contribution in [0.1, 0.15) is 170 Å². The van der Waals surface area contributed by atoms with E-state index in [9.17, 15) is 14.7 Å². The quantitative estimate of drug-likeness (QED) is 0.0304. The summed E-state index contributed by atoms with van der Waals surface area (Å²) in [4.78, 5) is 27.8. The van der Waals surface area contributed by atoms with E-state index >= 15 is 0 Å². The molecular formula is C55H78N4O5. The lowest BCUT2D eigenvalue weighted by atomic mass is 9.98. The molecule has 0 radical (unpaired) electrons. The molecule has 3 atom stereocenters. The summed E-state index contributed by atoms with van der Waals surface area (Å²) in [7, 11) is 0. The van der Waals surface area contributed by atoms with Gasteiger partial charge < -0.3 is 35.8 Å². The molecule has 9 nitrogen and oxygen atoms in total. The standard InChI is InChI=1S/C55H78N4O5/c1-3-5-7-9-13-19-35-59(36-20-14-10-8-6-4-2)41-49-39-52(45-33-31-43(42-60)32-34-45)64-55(63-49)48-26-22-25-47(38-48)46-24-21-23-44(37-46)40-57-53(61)29-15-11-12-16-30-54(62)58-51-28-18-17-27-50(51)56/h17-18,21-28,31-34,37-38,49,52,55,60H,3-16,19-20,29-30,35-36,39-42,56H2,1-2H3,(H,57,61)(H,58,62)/t49-,52+,55+/m1/s1. The minimum atomic E-state index is -0.528. The molecule has 0 aliphatic carbocycles. The molecule has 348 valence electrons. The smallest absolute Gasteiger partial charge is 0.224 e. The second kappa shape index (κ2) is 29.1. The summed E-state index contributed by atoms with van der Waals surface area (Å²) in [5.74, 6) is -0.0113. The molecule has 1 aliphatic rings.